The topological polar surface area (TPSA) is 123 Å². The highest BCUT2D eigenvalue weighted by molar-refractivity contribution is 5.98. The first-order chi connectivity index (χ1) is 13.4. The van der Waals surface area contributed by atoms with Gasteiger partial charge < -0.3 is 22.1 Å². The maximum atomic E-state index is 12.8. The minimum Gasteiger partial charge on any atom is -0.343 e. The normalized spacial score (nSPS) is 13.3. The zero-order valence-electron chi connectivity index (χ0n) is 16.7. The number of benzene rings is 1. The van der Waals surface area contributed by atoms with E-state index < -0.39 is 12.1 Å². The summed E-state index contributed by atoms with van der Waals surface area (Å²) in [5.41, 5.74) is 12.8. The molecule has 152 valence electrons. The van der Waals surface area contributed by atoms with Crippen molar-refractivity contribution in [2.45, 2.75) is 51.6 Å². The van der Waals surface area contributed by atoms with Gasteiger partial charge in [0.15, 0.2) is 0 Å². The van der Waals surface area contributed by atoms with E-state index in [0.717, 1.165) is 17.3 Å². The predicted octanol–water partition coefficient (Wildman–Crippen LogP) is 2.16. The van der Waals surface area contributed by atoms with Gasteiger partial charge in [0.2, 0.25) is 11.8 Å². The van der Waals surface area contributed by atoms with Gasteiger partial charge in [-0.3, -0.25) is 14.6 Å². The van der Waals surface area contributed by atoms with Crippen LogP contribution in [0.4, 0.5) is 5.69 Å². The molecule has 7 heteroatoms. The molecule has 0 saturated carbocycles. The summed E-state index contributed by atoms with van der Waals surface area (Å²) < 4.78 is 0. The third-order valence-corrected chi connectivity index (χ3v) is 4.58. The van der Waals surface area contributed by atoms with Crippen LogP contribution in [0.25, 0.3) is 10.9 Å². The Morgan fingerprint density at radius 1 is 1.11 bits per heavy atom. The van der Waals surface area contributed by atoms with Crippen LogP contribution in [0.3, 0.4) is 0 Å². The summed E-state index contributed by atoms with van der Waals surface area (Å²) in [5.74, 6) is -0.174. The van der Waals surface area contributed by atoms with Crippen molar-refractivity contribution in [3.8, 4) is 0 Å². The van der Waals surface area contributed by atoms with Crippen molar-refractivity contribution in [1.82, 2.24) is 10.3 Å². The van der Waals surface area contributed by atoms with Crippen LogP contribution in [0.2, 0.25) is 0 Å². The van der Waals surface area contributed by atoms with Crippen molar-refractivity contribution < 1.29 is 9.59 Å². The van der Waals surface area contributed by atoms with Crippen LogP contribution in [0.5, 0.6) is 0 Å². The van der Waals surface area contributed by atoms with E-state index in [9.17, 15) is 9.59 Å². The van der Waals surface area contributed by atoms with Gasteiger partial charge in [0.25, 0.3) is 0 Å². The second kappa shape index (κ2) is 10.7. The number of para-hydroxylation sites is 1. The van der Waals surface area contributed by atoms with Crippen molar-refractivity contribution in [2.24, 2.45) is 17.4 Å². The number of nitrogens with two attached hydrogens (primary N) is 2. The number of anilines is 1. The SMILES string of the molecule is CC(C)CC[C@@H](NC(=O)[C@@H](N)CCCN)C(=O)Nc1cnc2ccccc2c1. The van der Waals surface area contributed by atoms with Crippen LogP contribution in [0.15, 0.2) is 36.5 Å². The van der Waals surface area contributed by atoms with E-state index in [1.54, 1.807) is 6.20 Å². The molecular weight excluding hydrogens is 354 g/mol. The molecule has 0 unspecified atom stereocenters. The summed E-state index contributed by atoms with van der Waals surface area (Å²) >= 11 is 0. The molecule has 0 saturated heterocycles. The standard InChI is InChI=1S/C21H31N5O2/c1-14(2)9-10-19(26-20(27)17(23)7-5-11-22)21(28)25-16-12-15-6-3-4-8-18(15)24-13-16/h3-4,6,8,12-14,17,19H,5,7,9-11,22-23H2,1-2H3,(H,25,28)(H,26,27)/t17-,19+/m0/s1. The van der Waals surface area contributed by atoms with Gasteiger partial charge in [0.05, 0.1) is 23.4 Å². The molecule has 1 aromatic carbocycles. The molecule has 6 N–H and O–H groups in total. The summed E-state index contributed by atoms with van der Waals surface area (Å²) in [6.45, 7) is 4.64. The first kappa shape index (κ1) is 21.8. The second-order valence-electron chi connectivity index (χ2n) is 7.48. The zero-order chi connectivity index (χ0) is 20.5. The second-order valence-corrected chi connectivity index (χ2v) is 7.48. The van der Waals surface area contributed by atoms with Gasteiger partial charge in [0.1, 0.15) is 6.04 Å². The summed E-state index contributed by atoms with van der Waals surface area (Å²) in [5, 5.41) is 6.61. The molecule has 2 atom stereocenters. The number of hydrogen-bond donors (Lipinski definition) is 4. The number of hydrogen-bond acceptors (Lipinski definition) is 5. The third-order valence-electron chi connectivity index (χ3n) is 4.58. The van der Waals surface area contributed by atoms with Crippen molar-refractivity contribution in [1.29, 1.82) is 0 Å². The molecule has 0 aliphatic carbocycles. The van der Waals surface area contributed by atoms with Gasteiger partial charge in [-0.15, -0.1) is 0 Å². The van der Waals surface area contributed by atoms with Crippen molar-refractivity contribution in [3.05, 3.63) is 36.5 Å². The number of rotatable bonds is 10. The molecule has 0 aliphatic heterocycles. The Morgan fingerprint density at radius 3 is 2.57 bits per heavy atom. The van der Waals surface area contributed by atoms with Crippen LogP contribution in [0, 0.1) is 5.92 Å². The van der Waals surface area contributed by atoms with Crippen LogP contribution in [0.1, 0.15) is 39.5 Å². The highest BCUT2D eigenvalue weighted by Gasteiger charge is 2.24. The number of amides is 2. The summed E-state index contributed by atoms with van der Waals surface area (Å²) in [4.78, 5) is 29.5. The van der Waals surface area contributed by atoms with Crippen LogP contribution in [-0.2, 0) is 9.59 Å². The van der Waals surface area contributed by atoms with E-state index in [4.69, 9.17) is 11.5 Å². The average Bonchev–Trinajstić information content (AvgIpc) is 2.68. The monoisotopic (exact) mass is 385 g/mol. The molecule has 2 rings (SSSR count). The number of carbonyl (C=O) groups is 2. The fourth-order valence-electron chi connectivity index (χ4n) is 2.89. The summed E-state index contributed by atoms with van der Waals surface area (Å²) in [6, 6.07) is 8.24. The number of carbonyl (C=O) groups excluding carboxylic acids is 2. The maximum absolute atomic E-state index is 12.8. The average molecular weight is 386 g/mol. The molecule has 0 bridgehead atoms. The van der Waals surface area contributed by atoms with Crippen LogP contribution >= 0.6 is 0 Å². The molecule has 2 amide bonds. The Labute approximate surface area is 166 Å². The Bertz CT molecular complexity index is 793. The highest BCUT2D eigenvalue weighted by Crippen LogP contribution is 2.17. The number of nitrogens with one attached hydrogen (secondary N) is 2. The summed E-state index contributed by atoms with van der Waals surface area (Å²) in [7, 11) is 0. The van der Waals surface area contributed by atoms with Crippen LogP contribution in [-0.4, -0.2) is 35.4 Å². The molecule has 7 nitrogen and oxygen atoms in total. The Hall–Kier alpha value is -2.51. The number of aromatic nitrogens is 1. The van der Waals surface area contributed by atoms with Gasteiger partial charge in [-0.05, 0) is 50.3 Å². The van der Waals surface area contributed by atoms with Gasteiger partial charge in [-0.25, -0.2) is 0 Å². The Kier molecular flexibility index (Phi) is 8.35. The van der Waals surface area contributed by atoms with Gasteiger partial charge in [-0.2, -0.15) is 0 Å². The van der Waals surface area contributed by atoms with E-state index in [1.165, 1.54) is 0 Å². The maximum Gasteiger partial charge on any atom is 0.246 e. The summed E-state index contributed by atoms with van der Waals surface area (Å²) in [6.07, 6.45) is 4.14. The largest absolute Gasteiger partial charge is 0.343 e. The minimum absolute atomic E-state index is 0.267. The smallest absolute Gasteiger partial charge is 0.246 e. The molecule has 0 spiro atoms. The van der Waals surface area contributed by atoms with Crippen molar-refractivity contribution in [2.75, 3.05) is 11.9 Å². The molecule has 2 aromatic rings. The molecule has 1 aromatic heterocycles. The highest BCUT2D eigenvalue weighted by atomic mass is 16.2. The number of pyridine rings is 1. The molecule has 0 aliphatic rings. The fraction of sp³-hybridized carbons (Fsp3) is 0.476. The molecule has 0 radical (unpaired) electrons. The van der Waals surface area contributed by atoms with E-state index in [1.807, 2.05) is 30.3 Å². The fourth-order valence-corrected chi connectivity index (χ4v) is 2.89. The first-order valence-corrected chi connectivity index (χ1v) is 9.82. The Balaban J connectivity index is 2.07. The third kappa shape index (κ3) is 6.58. The lowest BCUT2D eigenvalue weighted by Gasteiger charge is -2.21. The van der Waals surface area contributed by atoms with Crippen molar-refractivity contribution in [3.63, 3.8) is 0 Å². The van der Waals surface area contributed by atoms with E-state index in [-0.39, 0.29) is 11.8 Å². The van der Waals surface area contributed by atoms with Gasteiger partial charge in [0, 0.05) is 5.39 Å². The van der Waals surface area contributed by atoms with E-state index >= 15 is 0 Å². The lowest BCUT2D eigenvalue weighted by atomic mass is 10.0. The lowest BCUT2D eigenvalue weighted by molar-refractivity contribution is -0.127. The van der Waals surface area contributed by atoms with E-state index in [0.29, 0.717) is 37.4 Å². The van der Waals surface area contributed by atoms with Crippen LogP contribution < -0.4 is 22.1 Å². The predicted molar refractivity (Wildman–Crippen MR) is 113 cm³/mol. The first-order valence-electron chi connectivity index (χ1n) is 9.82. The molecule has 0 fully saturated rings. The number of fused-ring (bicyclic) bond motifs is 1. The molecule has 1 heterocycles. The van der Waals surface area contributed by atoms with E-state index in [2.05, 4.69) is 29.5 Å². The molecular formula is C21H31N5O2. The lowest BCUT2D eigenvalue weighted by Crippen LogP contribution is -2.50. The minimum atomic E-state index is -0.666. The Morgan fingerprint density at radius 2 is 1.86 bits per heavy atom. The number of nitrogens with zero attached hydrogens (tertiary/aromatic N) is 1. The van der Waals surface area contributed by atoms with Crippen molar-refractivity contribution >= 4 is 28.4 Å². The van der Waals surface area contributed by atoms with Gasteiger partial charge in [-0.1, -0.05) is 32.0 Å². The van der Waals surface area contributed by atoms with Gasteiger partial charge >= 0.3 is 0 Å². The quantitative estimate of drug-likeness (QED) is 0.499. The molecule has 28 heavy (non-hydrogen) atoms. The zero-order valence-corrected chi connectivity index (χ0v) is 16.7.